The van der Waals surface area contributed by atoms with Crippen molar-refractivity contribution >= 4 is 23.2 Å². The normalized spacial score (nSPS) is 18.7. The number of nitrogens with one attached hydrogen (secondary N) is 1. The van der Waals surface area contributed by atoms with E-state index < -0.39 is 5.82 Å². The number of hydrogen-bond donors (Lipinski definition) is 1. The van der Waals surface area contributed by atoms with Crippen LogP contribution < -0.4 is 5.32 Å². The minimum Gasteiger partial charge on any atom is -0.310 e. The topological polar surface area (TPSA) is 12.0 Å². The van der Waals surface area contributed by atoms with Crippen LogP contribution in [0, 0.1) is 17.2 Å². The van der Waals surface area contributed by atoms with E-state index in [-0.39, 0.29) is 11.1 Å². The molecule has 0 radical (unpaired) electrons. The second kappa shape index (κ2) is 5.59. The Kier molecular flexibility index (Phi) is 4.44. The number of benzene rings is 1. The second-order valence-electron chi connectivity index (χ2n) is 5.88. The van der Waals surface area contributed by atoms with Crippen molar-refractivity contribution in [1.29, 1.82) is 0 Å². The van der Waals surface area contributed by atoms with Crippen LogP contribution >= 0.6 is 23.2 Å². The Morgan fingerprint density at radius 1 is 1.26 bits per heavy atom. The molecule has 0 amide bonds. The van der Waals surface area contributed by atoms with E-state index in [0.29, 0.717) is 21.9 Å². The Balaban J connectivity index is 2.09. The predicted molar refractivity (Wildman–Crippen MR) is 79.3 cm³/mol. The molecular weight excluding hydrogens is 284 g/mol. The van der Waals surface area contributed by atoms with Crippen molar-refractivity contribution in [2.45, 2.75) is 39.7 Å². The SMILES string of the molecule is CC(NCC1(C(C)C)CC1)c1c(Cl)ccc(F)c1Cl. The van der Waals surface area contributed by atoms with Crippen molar-refractivity contribution in [2.75, 3.05) is 6.54 Å². The molecule has 1 atom stereocenters. The maximum atomic E-state index is 13.5. The number of halogens is 3. The molecule has 0 aromatic heterocycles. The summed E-state index contributed by atoms with van der Waals surface area (Å²) in [6, 6.07) is 2.81. The summed E-state index contributed by atoms with van der Waals surface area (Å²) in [5.74, 6) is 0.241. The quantitative estimate of drug-likeness (QED) is 0.735. The van der Waals surface area contributed by atoms with Gasteiger partial charge in [-0.15, -0.1) is 0 Å². The molecule has 19 heavy (non-hydrogen) atoms. The lowest BCUT2D eigenvalue weighted by Gasteiger charge is -2.24. The van der Waals surface area contributed by atoms with Gasteiger partial charge in [0.25, 0.3) is 0 Å². The van der Waals surface area contributed by atoms with Gasteiger partial charge in [-0.3, -0.25) is 0 Å². The Morgan fingerprint density at radius 3 is 2.42 bits per heavy atom. The molecule has 0 spiro atoms. The van der Waals surface area contributed by atoms with Crippen LogP contribution in [0.2, 0.25) is 10.0 Å². The van der Waals surface area contributed by atoms with Crippen molar-refractivity contribution < 1.29 is 4.39 Å². The lowest BCUT2D eigenvalue weighted by molar-refractivity contribution is 0.325. The third-order valence-corrected chi connectivity index (χ3v) is 5.10. The van der Waals surface area contributed by atoms with Gasteiger partial charge in [0, 0.05) is 23.2 Å². The molecule has 1 saturated carbocycles. The summed E-state index contributed by atoms with van der Waals surface area (Å²) >= 11 is 12.2. The maximum Gasteiger partial charge on any atom is 0.142 e. The Morgan fingerprint density at radius 2 is 1.89 bits per heavy atom. The number of hydrogen-bond acceptors (Lipinski definition) is 1. The molecule has 0 heterocycles. The van der Waals surface area contributed by atoms with Crippen LogP contribution in [0.25, 0.3) is 0 Å². The van der Waals surface area contributed by atoms with Gasteiger partial charge in [0.2, 0.25) is 0 Å². The first-order chi connectivity index (χ1) is 8.87. The van der Waals surface area contributed by atoms with Crippen LogP contribution in [0.4, 0.5) is 4.39 Å². The first kappa shape index (κ1) is 15.1. The molecule has 1 N–H and O–H groups in total. The third-order valence-electron chi connectivity index (χ3n) is 4.39. The number of rotatable bonds is 5. The lowest BCUT2D eigenvalue weighted by Crippen LogP contribution is -2.30. The van der Waals surface area contributed by atoms with Crippen LogP contribution in [0.15, 0.2) is 12.1 Å². The van der Waals surface area contributed by atoms with Gasteiger partial charge in [-0.25, -0.2) is 4.39 Å². The highest BCUT2D eigenvalue weighted by Crippen LogP contribution is 2.51. The van der Waals surface area contributed by atoms with E-state index in [9.17, 15) is 4.39 Å². The molecule has 1 aliphatic rings. The zero-order chi connectivity index (χ0) is 14.2. The molecule has 0 bridgehead atoms. The summed E-state index contributed by atoms with van der Waals surface area (Å²) in [5.41, 5.74) is 1.06. The van der Waals surface area contributed by atoms with Crippen molar-refractivity contribution in [2.24, 2.45) is 11.3 Å². The fourth-order valence-corrected chi connectivity index (χ4v) is 3.21. The standard InChI is InChI=1S/C15H20Cl2FN/c1-9(2)15(6-7-15)8-19-10(3)13-11(16)4-5-12(18)14(13)17/h4-5,9-10,19H,6-8H2,1-3H3. The summed E-state index contributed by atoms with van der Waals surface area (Å²) in [7, 11) is 0. The molecule has 4 heteroatoms. The second-order valence-corrected chi connectivity index (χ2v) is 6.66. The Labute approximate surface area is 124 Å². The van der Waals surface area contributed by atoms with Crippen LogP contribution in [-0.2, 0) is 0 Å². The molecule has 1 nitrogen and oxygen atoms in total. The summed E-state index contributed by atoms with van der Waals surface area (Å²) in [6.07, 6.45) is 2.52. The maximum absolute atomic E-state index is 13.5. The van der Waals surface area contributed by atoms with Gasteiger partial charge in [0.05, 0.1) is 5.02 Å². The van der Waals surface area contributed by atoms with E-state index >= 15 is 0 Å². The molecule has 106 valence electrons. The first-order valence-corrected chi connectivity index (χ1v) is 7.50. The van der Waals surface area contributed by atoms with Gasteiger partial charge in [0.15, 0.2) is 0 Å². The molecule has 1 fully saturated rings. The van der Waals surface area contributed by atoms with Gasteiger partial charge in [-0.05, 0) is 43.2 Å². The average Bonchev–Trinajstić information content (AvgIpc) is 3.13. The summed E-state index contributed by atoms with van der Waals surface area (Å²) in [5, 5.41) is 4.10. The minimum atomic E-state index is -0.417. The van der Waals surface area contributed by atoms with Crippen LogP contribution in [0.1, 0.15) is 45.2 Å². The van der Waals surface area contributed by atoms with E-state index in [1.54, 1.807) is 6.07 Å². The van der Waals surface area contributed by atoms with Crippen LogP contribution in [0.5, 0.6) is 0 Å². The van der Waals surface area contributed by atoms with E-state index in [1.807, 2.05) is 6.92 Å². The highest BCUT2D eigenvalue weighted by Gasteiger charge is 2.45. The third kappa shape index (κ3) is 3.07. The largest absolute Gasteiger partial charge is 0.310 e. The van der Waals surface area contributed by atoms with Crippen molar-refractivity contribution in [1.82, 2.24) is 5.32 Å². The first-order valence-electron chi connectivity index (χ1n) is 6.74. The minimum absolute atomic E-state index is 0.0491. The smallest absolute Gasteiger partial charge is 0.142 e. The molecule has 1 aromatic rings. The summed E-state index contributed by atoms with van der Waals surface area (Å²) in [6.45, 7) is 7.40. The highest BCUT2D eigenvalue weighted by molar-refractivity contribution is 6.36. The highest BCUT2D eigenvalue weighted by atomic mass is 35.5. The molecule has 1 aromatic carbocycles. The van der Waals surface area contributed by atoms with Crippen LogP contribution in [0.3, 0.4) is 0 Å². The van der Waals surface area contributed by atoms with Gasteiger partial charge in [0.1, 0.15) is 5.82 Å². The van der Waals surface area contributed by atoms with E-state index in [4.69, 9.17) is 23.2 Å². The molecular formula is C15H20Cl2FN. The van der Waals surface area contributed by atoms with Gasteiger partial charge < -0.3 is 5.32 Å². The molecule has 1 aliphatic carbocycles. The van der Waals surface area contributed by atoms with Crippen molar-refractivity contribution in [3.05, 3.63) is 33.6 Å². The Bertz CT molecular complexity index is 469. The molecule has 1 unspecified atom stereocenters. The predicted octanol–water partition coefficient (Wildman–Crippen LogP) is 5.22. The van der Waals surface area contributed by atoms with Gasteiger partial charge in [-0.1, -0.05) is 37.0 Å². The molecule has 0 aliphatic heterocycles. The monoisotopic (exact) mass is 303 g/mol. The van der Waals surface area contributed by atoms with E-state index in [1.165, 1.54) is 18.9 Å². The van der Waals surface area contributed by atoms with Crippen molar-refractivity contribution in [3.63, 3.8) is 0 Å². The zero-order valence-corrected chi connectivity index (χ0v) is 13.1. The van der Waals surface area contributed by atoms with Gasteiger partial charge in [-0.2, -0.15) is 0 Å². The molecule has 0 saturated heterocycles. The molecule has 2 rings (SSSR count). The average molecular weight is 304 g/mol. The van der Waals surface area contributed by atoms with Crippen LogP contribution in [-0.4, -0.2) is 6.54 Å². The fourth-order valence-electron chi connectivity index (χ4n) is 2.52. The fraction of sp³-hybridized carbons (Fsp3) is 0.600. The van der Waals surface area contributed by atoms with Gasteiger partial charge >= 0.3 is 0 Å². The Hall–Kier alpha value is -0.310. The lowest BCUT2D eigenvalue weighted by atomic mass is 9.92. The van der Waals surface area contributed by atoms with Crippen molar-refractivity contribution in [3.8, 4) is 0 Å². The summed E-state index contributed by atoms with van der Waals surface area (Å²) < 4.78 is 13.5. The van der Waals surface area contributed by atoms with E-state index in [0.717, 1.165) is 6.54 Å². The summed E-state index contributed by atoms with van der Waals surface area (Å²) in [4.78, 5) is 0. The zero-order valence-electron chi connectivity index (χ0n) is 11.6. The van der Waals surface area contributed by atoms with E-state index in [2.05, 4.69) is 19.2 Å².